The molecule has 1 heterocycles. The van der Waals surface area contributed by atoms with Crippen molar-refractivity contribution in [3.63, 3.8) is 0 Å². The Morgan fingerprint density at radius 3 is 2.81 bits per heavy atom. The summed E-state index contributed by atoms with van der Waals surface area (Å²) in [5, 5.41) is 4.33. The minimum absolute atomic E-state index is 0.0280. The molecule has 0 bridgehead atoms. The molecule has 4 nitrogen and oxygen atoms in total. The van der Waals surface area contributed by atoms with Crippen LogP contribution in [0.3, 0.4) is 0 Å². The molecule has 0 saturated heterocycles. The van der Waals surface area contributed by atoms with Gasteiger partial charge in [0.1, 0.15) is 0 Å². The first-order valence-corrected chi connectivity index (χ1v) is 7.93. The molecule has 0 spiro atoms. The maximum absolute atomic E-state index is 12.6. The van der Waals surface area contributed by atoms with E-state index in [1.165, 1.54) is 0 Å². The highest BCUT2D eigenvalue weighted by Crippen LogP contribution is 2.19. The first kappa shape index (κ1) is 15.5. The van der Waals surface area contributed by atoms with E-state index >= 15 is 0 Å². The molecule has 0 saturated carbocycles. The van der Waals surface area contributed by atoms with E-state index in [-0.39, 0.29) is 5.91 Å². The van der Waals surface area contributed by atoms with Gasteiger partial charge in [0.05, 0.1) is 17.1 Å². The number of thiazole rings is 1. The SMILES string of the molecule is CCCNc1ccccc1C(=O)N(C)Cc1cnc(C)s1. The van der Waals surface area contributed by atoms with Crippen LogP contribution in [-0.4, -0.2) is 29.4 Å². The molecule has 2 aromatic rings. The Balaban J connectivity index is 2.11. The van der Waals surface area contributed by atoms with Crippen LogP contribution >= 0.6 is 11.3 Å². The van der Waals surface area contributed by atoms with Crippen LogP contribution in [0.15, 0.2) is 30.5 Å². The third kappa shape index (κ3) is 4.04. The van der Waals surface area contributed by atoms with Gasteiger partial charge in [0.2, 0.25) is 0 Å². The van der Waals surface area contributed by atoms with Crippen LogP contribution in [0.25, 0.3) is 0 Å². The molecule has 0 aliphatic carbocycles. The summed E-state index contributed by atoms with van der Waals surface area (Å²) in [4.78, 5) is 19.7. The van der Waals surface area contributed by atoms with Gasteiger partial charge in [-0.3, -0.25) is 4.79 Å². The number of aryl methyl sites for hydroxylation is 1. The number of benzene rings is 1. The Morgan fingerprint density at radius 1 is 1.38 bits per heavy atom. The standard InChI is InChI=1S/C16H21N3OS/c1-4-9-17-15-8-6-5-7-14(15)16(20)19(3)11-13-10-18-12(2)21-13/h5-8,10,17H,4,9,11H2,1-3H3. The summed E-state index contributed by atoms with van der Waals surface area (Å²) in [6.07, 6.45) is 2.86. The van der Waals surface area contributed by atoms with Gasteiger partial charge < -0.3 is 10.2 Å². The quantitative estimate of drug-likeness (QED) is 0.887. The molecule has 0 radical (unpaired) electrons. The highest BCUT2D eigenvalue weighted by atomic mass is 32.1. The van der Waals surface area contributed by atoms with E-state index in [1.54, 1.807) is 16.2 Å². The number of hydrogen-bond donors (Lipinski definition) is 1. The number of nitrogens with one attached hydrogen (secondary N) is 1. The van der Waals surface area contributed by atoms with Crippen molar-refractivity contribution < 1.29 is 4.79 Å². The summed E-state index contributed by atoms with van der Waals surface area (Å²) in [6.45, 7) is 5.53. The first-order chi connectivity index (χ1) is 10.1. The third-order valence-electron chi connectivity index (χ3n) is 3.13. The minimum atomic E-state index is 0.0280. The highest BCUT2D eigenvalue weighted by molar-refractivity contribution is 7.11. The number of amides is 1. The molecular weight excluding hydrogens is 282 g/mol. The normalized spacial score (nSPS) is 10.4. The molecule has 112 valence electrons. The molecule has 0 fully saturated rings. The van der Waals surface area contributed by atoms with E-state index < -0.39 is 0 Å². The number of hydrogen-bond acceptors (Lipinski definition) is 4. The third-order valence-corrected chi connectivity index (χ3v) is 4.03. The molecule has 1 aromatic heterocycles. The van der Waals surface area contributed by atoms with E-state index in [1.807, 2.05) is 44.4 Å². The van der Waals surface area contributed by atoms with Crippen molar-refractivity contribution in [2.24, 2.45) is 0 Å². The maximum Gasteiger partial charge on any atom is 0.256 e. The molecule has 0 aliphatic heterocycles. The summed E-state index contributed by atoms with van der Waals surface area (Å²) >= 11 is 1.63. The molecule has 1 amide bonds. The Kier molecular flexibility index (Phi) is 5.33. The smallest absolute Gasteiger partial charge is 0.256 e. The number of carbonyl (C=O) groups excluding carboxylic acids is 1. The second-order valence-electron chi connectivity index (χ2n) is 4.98. The zero-order chi connectivity index (χ0) is 15.2. The molecular formula is C16H21N3OS. The Bertz CT molecular complexity index is 609. The van der Waals surface area contributed by atoms with Gasteiger partial charge in [-0.15, -0.1) is 11.3 Å². The van der Waals surface area contributed by atoms with Crippen molar-refractivity contribution in [2.45, 2.75) is 26.8 Å². The Labute approximate surface area is 129 Å². The molecule has 5 heteroatoms. The average Bonchev–Trinajstić information content (AvgIpc) is 2.89. The minimum Gasteiger partial charge on any atom is -0.384 e. The zero-order valence-electron chi connectivity index (χ0n) is 12.7. The average molecular weight is 303 g/mol. The highest BCUT2D eigenvalue weighted by Gasteiger charge is 2.16. The van der Waals surface area contributed by atoms with Gasteiger partial charge in [-0.05, 0) is 25.5 Å². The van der Waals surface area contributed by atoms with Gasteiger partial charge >= 0.3 is 0 Å². The molecule has 21 heavy (non-hydrogen) atoms. The molecule has 2 rings (SSSR count). The lowest BCUT2D eigenvalue weighted by atomic mass is 10.1. The largest absolute Gasteiger partial charge is 0.384 e. The van der Waals surface area contributed by atoms with Crippen molar-refractivity contribution in [1.82, 2.24) is 9.88 Å². The van der Waals surface area contributed by atoms with Crippen LogP contribution in [0.2, 0.25) is 0 Å². The maximum atomic E-state index is 12.6. The van der Waals surface area contributed by atoms with E-state index in [0.717, 1.165) is 34.1 Å². The lowest BCUT2D eigenvalue weighted by molar-refractivity contribution is 0.0787. The second kappa shape index (κ2) is 7.22. The van der Waals surface area contributed by atoms with Crippen LogP contribution < -0.4 is 5.32 Å². The van der Waals surface area contributed by atoms with E-state index in [0.29, 0.717) is 6.54 Å². The summed E-state index contributed by atoms with van der Waals surface area (Å²) in [5.41, 5.74) is 1.62. The van der Waals surface area contributed by atoms with Crippen molar-refractivity contribution >= 4 is 22.9 Å². The molecule has 0 aliphatic rings. The van der Waals surface area contributed by atoms with E-state index in [9.17, 15) is 4.79 Å². The van der Waals surface area contributed by atoms with Gasteiger partial charge in [0.25, 0.3) is 5.91 Å². The lowest BCUT2D eigenvalue weighted by Gasteiger charge is -2.18. The van der Waals surface area contributed by atoms with Crippen LogP contribution in [0.1, 0.15) is 33.6 Å². The monoisotopic (exact) mass is 303 g/mol. The van der Waals surface area contributed by atoms with Gasteiger partial charge in [-0.1, -0.05) is 19.1 Å². The molecule has 1 N–H and O–H groups in total. The molecule has 0 unspecified atom stereocenters. The Hall–Kier alpha value is -1.88. The van der Waals surface area contributed by atoms with Crippen molar-refractivity contribution in [3.8, 4) is 0 Å². The van der Waals surface area contributed by atoms with Gasteiger partial charge in [0, 0.05) is 30.4 Å². The van der Waals surface area contributed by atoms with Crippen LogP contribution in [0, 0.1) is 6.92 Å². The lowest BCUT2D eigenvalue weighted by Crippen LogP contribution is -2.26. The fourth-order valence-corrected chi connectivity index (χ4v) is 2.92. The number of para-hydroxylation sites is 1. The topological polar surface area (TPSA) is 45.2 Å². The summed E-state index contributed by atoms with van der Waals surface area (Å²) < 4.78 is 0. The fourth-order valence-electron chi connectivity index (χ4n) is 2.07. The summed E-state index contributed by atoms with van der Waals surface area (Å²) in [7, 11) is 1.83. The zero-order valence-corrected chi connectivity index (χ0v) is 13.5. The van der Waals surface area contributed by atoms with Crippen molar-refractivity contribution in [2.75, 3.05) is 18.9 Å². The summed E-state index contributed by atoms with van der Waals surface area (Å²) in [5.74, 6) is 0.0280. The predicted molar refractivity (Wildman–Crippen MR) is 87.9 cm³/mol. The van der Waals surface area contributed by atoms with Crippen molar-refractivity contribution in [1.29, 1.82) is 0 Å². The van der Waals surface area contributed by atoms with Crippen LogP contribution in [-0.2, 0) is 6.54 Å². The predicted octanol–water partition coefficient (Wildman–Crippen LogP) is 3.55. The number of carbonyl (C=O) groups is 1. The molecule has 0 atom stereocenters. The van der Waals surface area contributed by atoms with Crippen LogP contribution in [0.5, 0.6) is 0 Å². The van der Waals surface area contributed by atoms with E-state index in [2.05, 4.69) is 17.2 Å². The number of anilines is 1. The fraction of sp³-hybridized carbons (Fsp3) is 0.375. The first-order valence-electron chi connectivity index (χ1n) is 7.11. The van der Waals surface area contributed by atoms with Crippen molar-refractivity contribution in [3.05, 3.63) is 45.9 Å². The number of nitrogens with zero attached hydrogens (tertiary/aromatic N) is 2. The summed E-state index contributed by atoms with van der Waals surface area (Å²) in [6, 6.07) is 7.67. The van der Waals surface area contributed by atoms with Gasteiger partial charge in [-0.2, -0.15) is 0 Å². The van der Waals surface area contributed by atoms with Gasteiger partial charge in [0.15, 0.2) is 0 Å². The van der Waals surface area contributed by atoms with E-state index in [4.69, 9.17) is 0 Å². The molecule has 1 aromatic carbocycles. The second-order valence-corrected chi connectivity index (χ2v) is 6.30. The number of rotatable bonds is 6. The van der Waals surface area contributed by atoms with Crippen LogP contribution in [0.4, 0.5) is 5.69 Å². The Morgan fingerprint density at radius 2 is 2.14 bits per heavy atom. The van der Waals surface area contributed by atoms with Gasteiger partial charge in [-0.25, -0.2) is 4.98 Å². The number of aromatic nitrogens is 1.